The lowest BCUT2D eigenvalue weighted by Crippen LogP contribution is -2.12. The maximum absolute atomic E-state index is 11.3. The minimum Gasteiger partial charge on any atom is -0.396 e. The molecule has 0 spiro atoms. The Bertz CT molecular complexity index is 387. The zero-order chi connectivity index (χ0) is 12.7. The molecule has 5 nitrogen and oxygen atoms in total. The first-order valence-corrected chi connectivity index (χ1v) is 5.40. The topological polar surface area (TPSA) is 78.4 Å². The summed E-state index contributed by atoms with van der Waals surface area (Å²) in [5.74, 6) is -0.268. The summed E-state index contributed by atoms with van der Waals surface area (Å²) in [5, 5.41) is 13.9. The summed E-state index contributed by atoms with van der Waals surface area (Å²) in [6, 6.07) is 6.84. The van der Waals surface area contributed by atoms with Crippen LogP contribution in [0.1, 0.15) is 19.8 Å². The van der Waals surface area contributed by atoms with Crippen LogP contribution in [-0.2, 0) is 9.59 Å². The van der Waals surface area contributed by atoms with E-state index >= 15 is 0 Å². The van der Waals surface area contributed by atoms with Crippen LogP contribution in [0.5, 0.6) is 0 Å². The van der Waals surface area contributed by atoms with Crippen molar-refractivity contribution in [3.63, 3.8) is 0 Å². The van der Waals surface area contributed by atoms with Crippen LogP contribution in [0.2, 0.25) is 0 Å². The number of anilines is 2. The molecule has 0 radical (unpaired) electrons. The number of carbonyl (C=O) groups excluding carboxylic acids is 2. The molecule has 2 amide bonds. The van der Waals surface area contributed by atoms with E-state index in [4.69, 9.17) is 5.11 Å². The third kappa shape index (κ3) is 5.12. The highest BCUT2D eigenvalue weighted by atomic mass is 16.3. The van der Waals surface area contributed by atoms with Crippen molar-refractivity contribution in [2.75, 3.05) is 17.2 Å². The van der Waals surface area contributed by atoms with Gasteiger partial charge in [0.1, 0.15) is 0 Å². The Hall–Kier alpha value is -1.88. The summed E-state index contributed by atoms with van der Waals surface area (Å²) in [6.45, 7) is 1.44. The second-order valence-corrected chi connectivity index (χ2v) is 3.63. The summed E-state index contributed by atoms with van der Waals surface area (Å²) in [4.78, 5) is 22.1. The molecule has 0 aliphatic heterocycles. The average molecular weight is 236 g/mol. The first-order valence-electron chi connectivity index (χ1n) is 5.40. The van der Waals surface area contributed by atoms with E-state index < -0.39 is 0 Å². The Kier molecular flexibility index (Phi) is 5.16. The van der Waals surface area contributed by atoms with Crippen molar-refractivity contribution in [3.8, 4) is 0 Å². The number of hydrogen-bond donors (Lipinski definition) is 3. The van der Waals surface area contributed by atoms with E-state index in [0.717, 1.165) is 0 Å². The fourth-order valence-corrected chi connectivity index (χ4v) is 1.30. The zero-order valence-corrected chi connectivity index (χ0v) is 9.69. The van der Waals surface area contributed by atoms with Gasteiger partial charge in [0.05, 0.1) is 0 Å². The molecule has 3 N–H and O–H groups in total. The van der Waals surface area contributed by atoms with Crippen LogP contribution in [0.4, 0.5) is 11.4 Å². The summed E-state index contributed by atoms with van der Waals surface area (Å²) in [7, 11) is 0. The molecule has 0 heterocycles. The van der Waals surface area contributed by atoms with Crippen molar-refractivity contribution in [3.05, 3.63) is 24.3 Å². The molecule has 0 atom stereocenters. The number of nitrogens with one attached hydrogen (secondary N) is 2. The predicted molar refractivity (Wildman–Crippen MR) is 65.7 cm³/mol. The molecular formula is C12H16N2O3. The molecule has 0 saturated heterocycles. The Morgan fingerprint density at radius 2 is 1.65 bits per heavy atom. The van der Waals surface area contributed by atoms with Crippen molar-refractivity contribution in [2.24, 2.45) is 0 Å². The Balaban J connectivity index is 2.50. The predicted octanol–water partition coefficient (Wildman–Crippen LogP) is 1.36. The monoisotopic (exact) mass is 236 g/mol. The van der Waals surface area contributed by atoms with Crippen molar-refractivity contribution in [1.29, 1.82) is 0 Å². The minimum atomic E-state index is -0.135. The largest absolute Gasteiger partial charge is 0.396 e. The molecule has 0 bridgehead atoms. The van der Waals surface area contributed by atoms with Crippen molar-refractivity contribution in [1.82, 2.24) is 0 Å². The van der Waals surface area contributed by atoms with Crippen LogP contribution in [0.3, 0.4) is 0 Å². The van der Waals surface area contributed by atoms with Gasteiger partial charge in [-0.05, 0) is 30.7 Å². The third-order valence-electron chi connectivity index (χ3n) is 2.05. The normalized spacial score (nSPS) is 9.76. The van der Waals surface area contributed by atoms with E-state index in [2.05, 4.69) is 10.6 Å². The van der Waals surface area contributed by atoms with Gasteiger partial charge in [-0.3, -0.25) is 9.59 Å². The molecule has 17 heavy (non-hydrogen) atoms. The fraction of sp³-hybridized carbons (Fsp3) is 0.333. The maximum atomic E-state index is 11.3. The highest BCUT2D eigenvalue weighted by Crippen LogP contribution is 2.13. The molecule has 0 unspecified atom stereocenters. The molecule has 0 aromatic heterocycles. The van der Waals surface area contributed by atoms with Gasteiger partial charge in [-0.2, -0.15) is 0 Å². The van der Waals surface area contributed by atoms with E-state index in [1.54, 1.807) is 24.3 Å². The van der Waals surface area contributed by atoms with Gasteiger partial charge in [-0.25, -0.2) is 0 Å². The molecule has 0 fully saturated rings. The van der Waals surface area contributed by atoms with Crippen LogP contribution in [0.15, 0.2) is 24.3 Å². The highest BCUT2D eigenvalue weighted by molar-refractivity contribution is 5.92. The first kappa shape index (κ1) is 13.2. The second-order valence-electron chi connectivity index (χ2n) is 3.63. The SMILES string of the molecule is CC(=O)Nc1ccc(NC(=O)CCCO)cc1. The van der Waals surface area contributed by atoms with Gasteiger partial charge in [0.25, 0.3) is 0 Å². The number of amides is 2. The average Bonchev–Trinajstić information content (AvgIpc) is 2.28. The number of benzene rings is 1. The highest BCUT2D eigenvalue weighted by Gasteiger charge is 2.02. The molecular weight excluding hydrogens is 220 g/mol. The maximum Gasteiger partial charge on any atom is 0.224 e. The van der Waals surface area contributed by atoms with Crippen LogP contribution < -0.4 is 10.6 Å². The molecule has 92 valence electrons. The summed E-state index contributed by atoms with van der Waals surface area (Å²) in [5.41, 5.74) is 1.35. The van der Waals surface area contributed by atoms with Crippen LogP contribution >= 0.6 is 0 Å². The third-order valence-corrected chi connectivity index (χ3v) is 2.05. The number of hydrogen-bond acceptors (Lipinski definition) is 3. The summed E-state index contributed by atoms with van der Waals surface area (Å²) >= 11 is 0. The van der Waals surface area contributed by atoms with Gasteiger partial charge in [-0.1, -0.05) is 0 Å². The van der Waals surface area contributed by atoms with Crippen LogP contribution in [-0.4, -0.2) is 23.5 Å². The number of rotatable bonds is 5. The number of aliphatic hydroxyl groups is 1. The molecule has 0 aliphatic rings. The fourth-order valence-electron chi connectivity index (χ4n) is 1.30. The van der Waals surface area contributed by atoms with Crippen molar-refractivity contribution < 1.29 is 14.7 Å². The molecule has 1 rings (SSSR count). The number of carbonyl (C=O) groups is 2. The van der Waals surface area contributed by atoms with Gasteiger partial charge < -0.3 is 15.7 Å². The van der Waals surface area contributed by atoms with E-state index in [1.807, 2.05) is 0 Å². The molecule has 5 heteroatoms. The summed E-state index contributed by atoms with van der Waals surface area (Å²) < 4.78 is 0. The quantitative estimate of drug-likeness (QED) is 0.722. The van der Waals surface area contributed by atoms with Crippen molar-refractivity contribution >= 4 is 23.2 Å². The van der Waals surface area contributed by atoms with Crippen LogP contribution in [0.25, 0.3) is 0 Å². The number of aliphatic hydroxyl groups excluding tert-OH is 1. The van der Waals surface area contributed by atoms with Gasteiger partial charge in [0.15, 0.2) is 0 Å². The molecule has 1 aromatic carbocycles. The van der Waals surface area contributed by atoms with Gasteiger partial charge >= 0.3 is 0 Å². The standard InChI is InChI=1S/C12H16N2O3/c1-9(16)13-10-4-6-11(7-5-10)14-12(17)3-2-8-15/h4-7,15H,2-3,8H2,1H3,(H,13,16)(H,14,17). The van der Waals surface area contributed by atoms with Crippen LogP contribution in [0, 0.1) is 0 Å². The molecule has 1 aromatic rings. The van der Waals surface area contributed by atoms with E-state index in [1.165, 1.54) is 6.92 Å². The zero-order valence-electron chi connectivity index (χ0n) is 9.69. The van der Waals surface area contributed by atoms with E-state index in [-0.39, 0.29) is 18.4 Å². The first-order chi connectivity index (χ1) is 8.11. The lowest BCUT2D eigenvalue weighted by Gasteiger charge is -2.06. The minimum absolute atomic E-state index is 0.00882. The molecule has 0 aliphatic carbocycles. The molecule has 0 saturated carbocycles. The Morgan fingerprint density at radius 3 is 2.12 bits per heavy atom. The van der Waals surface area contributed by atoms with Gasteiger partial charge in [0, 0.05) is 31.3 Å². The Labute approximate surface area is 99.8 Å². The smallest absolute Gasteiger partial charge is 0.224 e. The second kappa shape index (κ2) is 6.65. The van der Waals surface area contributed by atoms with E-state index in [9.17, 15) is 9.59 Å². The summed E-state index contributed by atoms with van der Waals surface area (Å²) in [6.07, 6.45) is 0.750. The van der Waals surface area contributed by atoms with E-state index in [0.29, 0.717) is 24.2 Å². The van der Waals surface area contributed by atoms with Crippen molar-refractivity contribution in [2.45, 2.75) is 19.8 Å². The lowest BCUT2D eigenvalue weighted by atomic mass is 10.2. The lowest BCUT2D eigenvalue weighted by molar-refractivity contribution is -0.116. The Morgan fingerprint density at radius 1 is 1.12 bits per heavy atom. The van der Waals surface area contributed by atoms with Gasteiger partial charge in [0.2, 0.25) is 11.8 Å². The van der Waals surface area contributed by atoms with Gasteiger partial charge in [-0.15, -0.1) is 0 Å².